The van der Waals surface area contributed by atoms with Crippen LogP contribution in [0.2, 0.25) is 0 Å². The zero-order valence-electron chi connectivity index (χ0n) is 10.3. The number of aliphatic hydroxyl groups excluding tert-OH is 1. The molecule has 0 atom stereocenters. The molecule has 1 heterocycles. The number of aromatic nitrogens is 1. The van der Waals surface area contributed by atoms with Crippen LogP contribution in [-0.2, 0) is 13.0 Å². The van der Waals surface area contributed by atoms with Crippen LogP contribution >= 0.6 is 11.3 Å². The van der Waals surface area contributed by atoms with Gasteiger partial charge in [-0.1, -0.05) is 20.3 Å². The lowest BCUT2D eigenvalue weighted by Crippen LogP contribution is -2.27. The van der Waals surface area contributed by atoms with Gasteiger partial charge in [-0.2, -0.15) is 0 Å². The van der Waals surface area contributed by atoms with Crippen LogP contribution in [0.1, 0.15) is 36.6 Å². The Labute approximate surface area is 102 Å². The summed E-state index contributed by atoms with van der Waals surface area (Å²) < 4.78 is 0. The monoisotopic (exact) mass is 242 g/mol. The summed E-state index contributed by atoms with van der Waals surface area (Å²) in [7, 11) is 0. The summed E-state index contributed by atoms with van der Waals surface area (Å²) in [6, 6.07) is 0. The molecular weight excluding hydrogens is 220 g/mol. The van der Waals surface area contributed by atoms with Gasteiger partial charge in [-0.15, -0.1) is 11.3 Å². The van der Waals surface area contributed by atoms with Gasteiger partial charge in [-0.05, 0) is 19.4 Å². The van der Waals surface area contributed by atoms with Crippen LogP contribution in [0.5, 0.6) is 0 Å². The largest absolute Gasteiger partial charge is 0.395 e. The summed E-state index contributed by atoms with van der Waals surface area (Å²) in [6.45, 7) is 7.32. The maximum Gasteiger partial charge on any atom is 0.0925 e. The van der Waals surface area contributed by atoms with E-state index in [-0.39, 0.29) is 6.61 Å². The van der Waals surface area contributed by atoms with Gasteiger partial charge in [0.05, 0.1) is 11.6 Å². The molecule has 92 valence electrons. The van der Waals surface area contributed by atoms with Crippen molar-refractivity contribution in [1.82, 2.24) is 9.88 Å². The van der Waals surface area contributed by atoms with E-state index < -0.39 is 0 Å². The number of aryl methyl sites for hydroxylation is 1. The molecule has 0 saturated carbocycles. The molecule has 0 spiro atoms. The Hall–Kier alpha value is -0.450. The van der Waals surface area contributed by atoms with Crippen LogP contribution in [0, 0.1) is 0 Å². The second-order valence-electron chi connectivity index (χ2n) is 3.93. The van der Waals surface area contributed by atoms with Gasteiger partial charge in [0, 0.05) is 24.2 Å². The minimum Gasteiger partial charge on any atom is -0.395 e. The second-order valence-corrected chi connectivity index (χ2v) is 5.13. The molecule has 0 aliphatic carbocycles. The summed E-state index contributed by atoms with van der Waals surface area (Å²) in [6.07, 6.45) is 5.38. The SMILES string of the molecule is CCCCN(CCO)Cc1cnc(CC)s1. The summed E-state index contributed by atoms with van der Waals surface area (Å²) in [5.74, 6) is 0. The first-order valence-corrected chi connectivity index (χ1v) is 6.88. The van der Waals surface area contributed by atoms with Crippen LogP contribution < -0.4 is 0 Å². The standard InChI is InChI=1S/C12H22N2OS/c1-3-5-6-14(7-8-15)10-11-9-13-12(4-2)16-11/h9,15H,3-8,10H2,1-2H3. The molecule has 0 saturated heterocycles. The van der Waals surface area contributed by atoms with Crippen LogP contribution in [0.4, 0.5) is 0 Å². The van der Waals surface area contributed by atoms with Crippen molar-refractivity contribution in [3.63, 3.8) is 0 Å². The molecule has 1 N–H and O–H groups in total. The third kappa shape index (κ3) is 4.60. The molecule has 0 aliphatic heterocycles. The van der Waals surface area contributed by atoms with E-state index >= 15 is 0 Å². The van der Waals surface area contributed by atoms with Gasteiger partial charge in [0.1, 0.15) is 0 Å². The Bertz CT molecular complexity index is 288. The van der Waals surface area contributed by atoms with E-state index in [1.54, 1.807) is 11.3 Å². The smallest absolute Gasteiger partial charge is 0.0925 e. The molecule has 0 aliphatic rings. The molecular formula is C12H22N2OS. The van der Waals surface area contributed by atoms with Crippen molar-refractivity contribution in [2.75, 3.05) is 19.7 Å². The maximum absolute atomic E-state index is 9.01. The molecule has 0 fully saturated rings. The molecule has 1 aromatic rings. The fourth-order valence-corrected chi connectivity index (χ4v) is 2.50. The number of nitrogens with zero attached hydrogens (tertiary/aromatic N) is 2. The quantitative estimate of drug-likeness (QED) is 0.760. The fraction of sp³-hybridized carbons (Fsp3) is 0.750. The van der Waals surface area contributed by atoms with Crippen molar-refractivity contribution >= 4 is 11.3 Å². The lowest BCUT2D eigenvalue weighted by atomic mass is 10.3. The zero-order chi connectivity index (χ0) is 11.8. The topological polar surface area (TPSA) is 36.4 Å². The summed E-state index contributed by atoms with van der Waals surface area (Å²) in [5.41, 5.74) is 0. The maximum atomic E-state index is 9.01. The first-order chi connectivity index (χ1) is 7.80. The average molecular weight is 242 g/mol. The van der Waals surface area contributed by atoms with E-state index in [2.05, 4.69) is 23.7 Å². The molecule has 4 heteroatoms. The van der Waals surface area contributed by atoms with Gasteiger partial charge in [0.15, 0.2) is 0 Å². The van der Waals surface area contributed by atoms with Gasteiger partial charge >= 0.3 is 0 Å². The highest BCUT2D eigenvalue weighted by atomic mass is 32.1. The van der Waals surface area contributed by atoms with Crippen LogP contribution in [0.3, 0.4) is 0 Å². The number of thiazole rings is 1. The van der Waals surface area contributed by atoms with E-state index in [4.69, 9.17) is 5.11 Å². The van der Waals surface area contributed by atoms with Crippen molar-refractivity contribution in [3.8, 4) is 0 Å². The van der Waals surface area contributed by atoms with Crippen LogP contribution in [0.15, 0.2) is 6.20 Å². The molecule has 1 aromatic heterocycles. The molecule has 3 nitrogen and oxygen atoms in total. The Balaban J connectivity index is 2.46. The Kier molecular flexibility index (Phi) is 6.61. The van der Waals surface area contributed by atoms with Crippen molar-refractivity contribution in [3.05, 3.63) is 16.1 Å². The third-order valence-electron chi connectivity index (χ3n) is 2.53. The third-order valence-corrected chi connectivity index (χ3v) is 3.65. The Morgan fingerprint density at radius 2 is 2.19 bits per heavy atom. The predicted molar refractivity (Wildman–Crippen MR) is 68.8 cm³/mol. The second kappa shape index (κ2) is 7.76. The molecule has 0 bridgehead atoms. The Morgan fingerprint density at radius 1 is 1.38 bits per heavy atom. The van der Waals surface area contributed by atoms with E-state index in [0.717, 1.165) is 26.1 Å². The number of aliphatic hydroxyl groups is 1. The average Bonchev–Trinajstić information content (AvgIpc) is 2.74. The molecule has 0 unspecified atom stereocenters. The number of hydrogen-bond donors (Lipinski definition) is 1. The molecule has 16 heavy (non-hydrogen) atoms. The number of hydrogen-bond acceptors (Lipinski definition) is 4. The van der Waals surface area contributed by atoms with Crippen molar-refractivity contribution < 1.29 is 5.11 Å². The molecule has 0 amide bonds. The minimum atomic E-state index is 0.239. The highest BCUT2D eigenvalue weighted by Crippen LogP contribution is 2.15. The first-order valence-electron chi connectivity index (χ1n) is 6.06. The summed E-state index contributed by atoms with van der Waals surface area (Å²) in [5, 5.41) is 10.2. The molecule has 0 radical (unpaired) electrons. The highest BCUT2D eigenvalue weighted by Gasteiger charge is 2.07. The summed E-state index contributed by atoms with van der Waals surface area (Å²) in [4.78, 5) is 7.97. The van der Waals surface area contributed by atoms with Gasteiger partial charge in [0.25, 0.3) is 0 Å². The lowest BCUT2D eigenvalue weighted by Gasteiger charge is -2.19. The van der Waals surface area contributed by atoms with E-state index in [0.29, 0.717) is 0 Å². The van der Waals surface area contributed by atoms with Gasteiger partial charge < -0.3 is 5.11 Å². The van der Waals surface area contributed by atoms with Crippen molar-refractivity contribution in [1.29, 1.82) is 0 Å². The van der Waals surface area contributed by atoms with Crippen LogP contribution in [-0.4, -0.2) is 34.7 Å². The predicted octanol–water partition coefficient (Wildman–Crippen LogP) is 2.30. The van der Waals surface area contributed by atoms with Gasteiger partial charge in [-0.3, -0.25) is 4.90 Å². The zero-order valence-corrected chi connectivity index (χ0v) is 11.1. The normalized spacial score (nSPS) is 11.2. The van der Waals surface area contributed by atoms with E-state index in [1.807, 2.05) is 6.20 Å². The fourth-order valence-electron chi connectivity index (χ4n) is 1.60. The summed E-state index contributed by atoms with van der Waals surface area (Å²) >= 11 is 1.79. The van der Waals surface area contributed by atoms with Gasteiger partial charge in [0.2, 0.25) is 0 Å². The number of rotatable bonds is 8. The molecule has 0 aromatic carbocycles. The van der Waals surface area contributed by atoms with Crippen LogP contribution in [0.25, 0.3) is 0 Å². The van der Waals surface area contributed by atoms with Crippen molar-refractivity contribution in [2.24, 2.45) is 0 Å². The number of unbranched alkanes of at least 4 members (excludes halogenated alkanes) is 1. The lowest BCUT2D eigenvalue weighted by molar-refractivity contribution is 0.189. The first kappa shape index (κ1) is 13.6. The van der Waals surface area contributed by atoms with Crippen molar-refractivity contribution in [2.45, 2.75) is 39.7 Å². The van der Waals surface area contributed by atoms with Gasteiger partial charge in [-0.25, -0.2) is 4.98 Å². The highest BCUT2D eigenvalue weighted by molar-refractivity contribution is 7.11. The molecule has 1 rings (SSSR count). The minimum absolute atomic E-state index is 0.239. The Morgan fingerprint density at radius 3 is 2.75 bits per heavy atom. The van der Waals surface area contributed by atoms with E-state index in [9.17, 15) is 0 Å². The van der Waals surface area contributed by atoms with E-state index in [1.165, 1.54) is 22.7 Å².